The van der Waals surface area contributed by atoms with E-state index in [1.54, 1.807) is 31.6 Å². The predicted molar refractivity (Wildman–Crippen MR) is 118 cm³/mol. The molecule has 0 radical (unpaired) electrons. The Kier molecular flexibility index (Phi) is 9.15. The van der Waals surface area contributed by atoms with E-state index in [1.807, 2.05) is 11.0 Å². The van der Waals surface area contributed by atoms with Crippen molar-refractivity contribution in [3.63, 3.8) is 0 Å². The number of nitrogens with one attached hydrogen (secondary N) is 1. The number of alkyl halides is 3. The number of pyridine rings is 1. The number of benzene rings is 1. The lowest BCUT2D eigenvalue weighted by Crippen LogP contribution is -2.48. The van der Waals surface area contributed by atoms with Gasteiger partial charge in [0.2, 0.25) is 0 Å². The maximum absolute atomic E-state index is 13.0. The first kappa shape index (κ1) is 24.2. The Balaban J connectivity index is 0.00000320. The number of morpholine rings is 1. The van der Waals surface area contributed by atoms with Crippen LogP contribution in [0, 0.1) is 0 Å². The lowest BCUT2D eigenvalue weighted by Gasteiger charge is -2.35. The molecule has 0 amide bonds. The van der Waals surface area contributed by atoms with Crippen LogP contribution in [-0.4, -0.2) is 55.7 Å². The smallest absolute Gasteiger partial charge is 0.416 e. The first-order valence-corrected chi connectivity index (χ1v) is 9.24. The summed E-state index contributed by atoms with van der Waals surface area (Å²) in [6.45, 7) is 2.34. The molecule has 2 aromatic rings. The van der Waals surface area contributed by atoms with E-state index in [2.05, 4.69) is 15.3 Å². The average Bonchev–Trinajstić information content (AvgIpc) is 2.74. The van der Waals surface area contributed by atoms with E-state index in [9.17, 15) is 13.2 Å². The molecule has 1 saturated heterocycles. The molecule has 1 aromatic carbocycles. The fourth-order valence-electron chi connectivity index (χ4n) is 3.06. The quantitative estimate of drug-likeness (QED) is 0.273. The van der Waals surface area contributed by atoms with Crippen molar-refractivity contribution >= 4 is 29.9 Å². The Morgan fingerprint density at radius 1 is 1.33 bits per heavy atom. The highest BCUT2D eigenvalue weighted by molar-refractivity contribution is 14.0. The number of ether oxygens (including phenoxy) is 2. The first-order chi connectivity index (χ1) is 14.0. The van der Waals surface area contributed by atoms with Gasteiger partial charge in [0.15, 0.2) is 5.96 Å². The van der Waals surface area contributed by atoms with Gasteiger partial charge in [0.25, 0.3) is 0 Å². The van der Waals surface area contributed by atoms with Crippen molar-refractivity contribution in [1.82, 2.24) is 15.2 Å². The maximum Gasteiger partial charge on any atom is 0.416 e. The molecule has 0 bridgehead atoms. The molecule has 1 fully saturated rings. The van der Waals surface area contributed by atoms with Crippen molar-refractivity contribution in [1.29, 1.82) is 0 Å². The van der Waals surface area contributed by atoms with Gasteiger partial charge < -0.3 is 19.7 Å². The Morgan fingerprint density at radius 2 is 2.17 bits per heavy atom. The SMILES string of the molecule is CN=C(NCCOc1cccnc1)N1CCOC(c2cccc(C(F)(F)F)c2)C1.I. The summed E-state index contributed by atoms with van der Waals surface area (Å²) in [6.07, 6.45) is -1.53. The fourth-order valence-corrected chi connectivity index (χ4v) is 3.06. The van der Waals surface area contributed by atoms with Crippen molar-refractivity contribution < 1.29 is 22.6 Å². The number of hydrogen-bond acceptors (Lipinski definition) is 4. The minimum absolute atomic E-state index is 0. The molecular weight excluding hydrogens is 512 g/mol. The van der Waals surface area contributed by atoms with E-state index < -0.39 is 17.8 Å². The highest BCUT2D eigenvalue weighted by atomic mass is 127. The van der Waals surface area contributed by atoms with Crippen LogP contribution in [0.3, 0.4) is 0 Å². The molecule has 1 aliphatic heterocycles. The molecule has 1 aliphatic rings. The lowest BCUT2D eigenvalue weighted by molar-refractivity contribution is -0.137. The van der Waals surface area contributed by atoms with Gasteiger partial charge in [-0.15, -0.1) is 24.0 Å². The molecule has 1 atom stereocenters. The standard InChI is InChI=1S/C20H23F3N4O2.HI/c1-24-19(26-8-10-28-17-6-3-7-25-13-17)27-9-11-29-18(14-27)15-4-2-5-16(12-15)20(21,22)23;/h2-7,12-13,18H,8-11,14H2,1H3,(H,24,26);1H. The maximum atomic E-state index is 13.0. The number of nitrogens with zero attached hydrogens (tertiary/aromatic N) is 3. The summed E-state index contributed by atoms with van der Waals surface area (Å²) in [4.78, 5) is 10.2. The van der Waals surface area contributed by atoms with Crippen molar-refractivity contribution in [3.05, 3.63) is 59.9 Å². The van der Waals surface area contributed by atoms with Gasteiger partial charge >= 0.3 is 6.18 Å². The minimum atomic E-state index is -4.38. The summed E-state index contributed by atoms with van der Waals surface area (Å²) >= 11 is 0. The molecule has 0 saturated carbocycles. The molecule has 1 aromatic heterocycles. The molecule has 3 rings (SSSR count). The summed E-state index contributed by atoms with van der Waals surface area (Å²) in [5.41, 5.74) is -0.175. The van der Waals surface area contributed by atoms with Crippen molar-refractivity contribution in [2.24, 2.45) is 4.99 Å². The molecule has 1 N–H and O–H groups in total. The summed E-state index contributed by atoms with van der Waals surface area (Å²) in [5.74, 6) is 1.33. The molecule has 0 aliphatic carbocycles. The largest absolute Gasteiger partial charge is 0.490 e. The lowest BCUT2D eigenvalue weighted by atomic mass is 10.0. The zero-order valence-electron chi connectivity index (χ0n) is 16.4. The fraction of sp³-hybridized carbons (Fsp3) is 0.400. The highest BCUT2D eigenvalue weighted by Crippen LogP contribution is 2.32. The van der Waals surface area contributed by atoms with Crippen LogP contribution in [-0.2, 0) is 10.9 Å². The van der Waals surface area contributed by atoms with Crippen LogP contribution >= 0.6 is 24.0 Å². The Bertz CT molecular complexity index is 821. The molecular formula is C20H24F3IN4O2. The van der Waals surface area contributed by atoms with Gasteiger partial charge in [-0.3, -0.25) is 9.98 Å². The van der Waals surface area contributed by atoms with Gasteiger partial charge in [0, 0.05) is 19.8 Å². The zero-order valence-corrected chi connectivity index (χ0v) is 18.8. The van der Waals surface area contributed by atoms with E-state index in [-0.39, 0.29) is 24.0 Å². The van der Waals surface area contributed by atoms with Gasteiger partial charge in [-0.25, -0.2) is 0 Å². The van der Waals surface area contributed by atoms with Crippen LogP contribution in [0.15, 0.2) is 53.8 Å². The summed E-state index contributed by atoms with van der Waals surface area (Å²) < 4.78 is 50.3. The van der Waals surface area contributed by atoms with Gasteiger partial charge in [0.1, 0.15) is 18.5 Å². The van der Waals surface area contributed by atoms with Gasteiger partial charge in [-0.2, -0.15) is 13.2 Å². The second-order valence-corrected chi connectivity index (χ2v) is 6.44. The zero-order chi connectivity index (χ0) is 20.7. The van der Waals surface area contributed by atoms with Crippen LogP contribution in [0.5, 0.6) is 5.75 Å². The number of guanidine groups is 1. The number of aliphatic imine (C=N–C) groups is 1. The number of hydrogen-bond donors (Lipinski definition) is 1. The monoisotopic (exact) mass is 536 g/mol. The molecule has 10 heteroatoms. The topological polar surface area (TPSA) is 59.0 Å². The highest BCUT2D eigenvalue weighted by Gasteiger charge is 2.32. The molecule has 6 nitrogen and oxygen atoms in total. The van der Waals surface area contributed by atoms with E-state index >= 15 is 0 Å². The third kappa shape index (κ3) is 6.73. The van der Waals surface area contributed by atoms with Crippen LogP contribution in [0.1, 0.15) is 17.2 Å². The second kappa shape index (κ2) is 11.3. The summed E-state index contributed by atoms with van der Waals surface area (Å²) in [7, 11) is 1.67. The summed E-state index contributed by atoms with van der Waals surface area (Å²) in [6, 6.07) is 8.89. The molecule has 30 heavy (non-hydrogen) atoms. The Labute approximate surface area is 190 Å². The van der Waals surface area contributed by atoms with Crippen molar-refractivity contribution in [3.8, 4) is 5.75 Å². The first-order valence-electron chi connectivity index (χ1n) is 9.24. The van der Waals surface area contributed by atoms with Gasteiger partial charge in [0.05, 0.1) is 31.5 Å². The van der Waals surface area contributed by atoms with Crippen molar-refractivity contribution in [2.75, 3.05) is 39.9 Å². The number of rotatable bonds is 5. The normalized spacial score (nSPS) is 17.3. The van der Waals surface area contributed by atoms with Crippen LogP contribution in [0.4, 0.5) is 13.2 Å². The molecule has 1 unspecified atom stereocenters. The molecule has 0 spiro atoms. The minimum Gasteiger partial charge on any atom is -0.490 e. The van der Waals surface area contributed by atoms with Gasteiger partial charge in [-0.1, -0.05) is 12.1 Å². The van der Waals surface area contributed by atoms with Crippen molar-refractivity contribution in [2.45, 2.75) is 12.3 Å². The third-order valence-electron chi connectivity index (χ3n) is 4.45. The molecule has 164 valence electrons. The van der Waals surface area contributed by atoms with E-state index in [0.717, 1.165) is 12.1 Å². The number of halogens is 4. The van der Waals surface area contributed by atoms with E-state index in [1.165, 1.54) is 6.07 Å². The van der Waals surface area contributed by atoms with Gasteiger partial charge in [-0.05, 0) is 29.8 Å². The molecule has 2 heterocycles. The van der Waals surface area contributed by atoms with E-state index in [4.69, 9.17) is 9.47 Å². The average molecular weight is 536 g/mol. The third-order valence-corrected chi connectivity index (χ3v) is 4.45. The second-order valence-electron chi connectivity index (χ2n) is 6.44. The summed E-state index contributed by atoms with van der Waals surface area (Å²) in [5, 5.41) is 3.21. The number of aromatic nitrogens is 1. The van der Waals surface area contributed by atoms with Crippen LogP contribution < -0.4 is 10.1 Å². The van der Waals surface area contributed by atoms with E-state index in [0.29, 0.717) is 50.1 Å². The van der Waals surface area contributed by atoms with Crippen LogP contribution in [0.2, 0.25) is 0 Å². The van der Waals surface area contributed by atoms with Crippen LogP contribution in [0.25, 0.3) is 0 Å². The Hall–Kier alpha value is -2.08. The Morgan fingerprint density at radius 3 is 2.87 bits per heavy atom. The predicted octanol–water partition coefficient (Wildman–Crippen LogP) is 3.75.